The fourth-order valence-electron chi connectivity index (χ4n) is 2.65. The van der Waals surface area contributed by atoms with E-state index in [0.717, 1.165) is 0 Å². The second kappa shape index (κ2) is 0.878. The molecule has 0 radical (unpaired) electrons. The van der Waals surface area contributed by atoms with Crippen LogP contribution in [-0.2, 0) is 12.8 Å². The van der Waals surface area contributed by atoms with Gasteiger partial charge in [-0.3, -0.25) is 0 Å². The van der Waals surface area contributed by atoms with Gasteiger partial charge in [0.05, 0.1) is 0 Å². The lowest BCUT2D eigenvalue weighted by Crippen LogP contribution is -2.14. The van der Waals surface area contributed by atoms with Crippen molar-refractivity contribution in [1.29, 1.82) is 0 Å². The van der Waals surface area contributed by atoms with Crippen LogP contribution < -0.4 is 0 Å². The van der Waals surface area contributed by atoms with Crippen LogP contribution in [0.25, 0.3) is 21.5 Å². The molecule has 0 aromatic heterocycles. The fourth-order valence-corrected chi connectivity index (χ4v) is 2.65. The second-order valence-corrected chi connectivity index (χ2v) is 3.37. The Morgan fingerprint density at radius 1 is 0.800 bits per heavy atom. The number of aryl methyl sites for hydroxylation is 2. The number of benzene rings is 4. The summed E-state index contributed by atoms with van der Waals surface area (Å²) in [4.78, 5) is 0. The zero-order valence-electron chi connectivity index (χ0n) is 5.57. The molecule has 5 aromatic rings. The summed E-state index contributed by atoms with van der Waals surface area (Å²) in [7, 11) is 0. The van der Waals surface area contributed by atoms with Crippen molar-refractivity contribution in [2.75, 3.05) is 0 Å². The SMILES string of the molecule is c1cc2c3c4c1c(c2=4)CC3. The van der Waals surface area contributed by atoms with Gasteiger partial charge in [0.15, 0.2) is 0 Å². The van der Waals surface area contributed by atoms with Crippen molar-refractivity contribution in [3.8, 4) is 0 Å². The van der Waals surface area contributed by atoms with Crippen LogP contribution >= 0.6 is 0 Å². The van der Waals surface area contributed by atoms with Gasteiger partial charge in [0.25, 0.3) is 0 Å². The molecule has 0 heteroatoms. The molecule has 5 aromatic carbocycles. The lowest BCUT2D eigenvalue weighted by atomic mass is 9.70. The van der Waals surface area contributed by atoms with Crippen molar-refractivity contribution < 1.29 is 0 Å². The van der Waals surface area contributed by atoms with E-state index in [1.165, 1.54) is 12.8 Å². The second-order valence-electron chi connectivity index (χ2n) is 3.37. The van der Waals surface area contributed by atoms with Crippen LogP contribution in [0.1, 0.15) is 11.1 Å². The standard InChI is InChI=1S/C10H6/c1-2-6-8-4-3-7-5(1)9(8)10(6)7/h1-2H,3-4H2. The van der Waals surface area contributed by atoms with Gasteiger partial charge in [-0.05, 0) is 45.5 Å². The van der Waals surface area contributed by atoms with E-state index < -0.39 is 0 Å². The zero-order valence-corrected chi connectivity index (χ0v) is 5.57. The fraction of sp³-hybridized carbons (Fsp3) is 0.200. The summed E-state index contributed by atoms with van der Waals surface area (Å²) in [5.41, 5.74) is 3.34. The van der Waals surface area contributed by atoms with Gasteiger partial charge in [0.1, 0.15) is 0 Å². The summed E-state index contributed by atoms with van der Waals surface area (Å²) < 4.78 is 0. The van der Waals surface area contributed by atoms with Crippen LogP contribution in [0.5, 0.6) is 0 Å². The number of fused-ring (bicyclic) bond motifs is 1. The van der Waals surface area contributed by atoms with Crippen molar-refractivity contribution >= 4 is 21.5 Å². The molecule has 0 unspecified atom stereocenters. The third kappa shape index (κ3) is 0.181. The summed E-state index contributed by atoms with van der Waals surface area (Å²) in [6.07, 6.45) is 2.66. The molecular weight excluding hydrogens is 120 g/mol. The quantitative estimate of drug-likeness (QED) is 0.434. The highest BCUT2D eigenvalue weighted by Gasteiger charge is 2.30. The Labute approximate surface area is 58.5 Å². The van der Waals surface area contributed by atoms with Gasteiger partial charge in [0, 0.05) is 0 Å². The molecule has 0 fully saturated rings. The first-order chi connectivity index (χ1) is 4.97. The summed E-state index contributed by atoms with van der Waals surface area (Å²) in [6.45, 7) is 0. The summed E-state index contributed by atoms with van der Waals surface area (Å²) in [6, 6.07) is 4.57. The van der Waals surface area contributed by atoms with E-state index in [1.54, 1.807) is 32.7 Å². The van der Waals surface area contributed by atoms with Crippen LogP contribution in [0.15, 0.2) is 12.1 Å². The van der Waals surface area contributed by atoms with E-state index in [2.05, 4.69) is 12.1 Å². The van der Waals surface area contributed by atoms with Crippen molar-refractivity contribution in [1.82, 2.24) is 0 Å². The molecule has 6 bridgehead atoms. The van der Waals surface area contributed by atoms with Crippen molar-refractivity contribution in [3.05, 3.63) is 23.3 Å². The average molecular weight is 126 g/mol. The Morgan fingerprint density at radius 2 is 1.30 bits per heavy atom. The predicted octanol–water partition coefficient (Wildman–Crippen LogP) is 2.41. The van der Waals surface area contributed by atoms with Crippen molar-refractivity contribution in [2.24, 2.45) is 0 Å². The third-order valence-corrected chi connectivity index (χ3v) is 3.08. The first-order valence-electron chi connectivity index (χ1n) is 3.87. The Hall–Kier alpha value is -1.04. The molecule has 2 aliphatic rings. The molecule has 0 aliphatic heterocycles. The number of hydrogen-bond donors (Lipinski definition) is 0. The van der Waals surface area contributed by atoms with Crippen LogP contribution in [0.2, 0.25) is 0 Å². The Balaban J connectivity index is 2.58. The highest BCUT2D eigenvalue weighted by molar-refractivity contribution is 6.31. The molecule has 46 valence electrons. The molecule has 0 saturated carbocycles. The van der Waals surface area contributed by atoms with Gasteiger partial charge < -0.3 is 0 Å². The minimum absolute atomic E-state index is 1.33. The smallest absolute Gasteiger partial charge is 0.00609 e. The summed E-state index contributed by atoms with van der Waals surface area (Å²) in [5, 5.41) is 6.43. The van der Waals surface area contributed by atoms with E-state index in [1.807, 2.05) is 0 Å². The first-order valence-corrected chi connectivity index (χ1v) is 3.87. The molecule has 0 nitrogen and oxygen atoms in total. The summed E-state index contributed by atoms with van der Waals surface area (Å²) >= 11 is 0. The molecule has 0 heterocycles. The normalized spacial score (nSPS) is 17.2. The monoisotopic (exact) mass is 126 g/mol. The molecule has 7 rings (SSSR count). The average Bonchev–Trinajstić information content (AvgIpc) is 2.05. The molecule has 0 saturated heterocycles. The van der Waals surface area contributed by atoms with Crippen LogP contribution in [0.3, 0.4) is 0 Å². The Kier molecular flexibility index (Phi) is 0.348. The Morgan fingerprint density at radius 3 is 1.60 bits per heavy atom. The molecule has 0 atom stereocenters. The van der Waals surface area contributed by atoms with E-state index in [0.29, 0.717) is 0 Å². The highest BCUT2D eigenvalue weighted by atomic mass is 14.3. The van der Waals surface area contributed by atoms with Gasteiger partial charge in [0.2, 0.25) is 0 Å². The Bertz CT molecular complexity index is 415. The topological polar surface area (TPSA) is 0 Å². The molecule has 2 aliphatic carbocycles. The van der Waals surface area contributed by atoms with Gasteiger partial charge in [-0.2, -0.15) is 0 Å². The van der Waals surface area contributed by atoms with E-state index in [-0.39, 0.29) is 0 Å². The highest BCUT2D eigenvalue weighted by Crippen LogP contribution is 2.52. The maximum Gasteiger partial charge on any atom is -0.00609 e. The first kappa shape index (κ1) is 3.97. The van der Waals surface area contributed by atoms with E-state index >= 15 is 0 Å². The van der Waals surface area contributed by atoms with Crippen LogP contribution in [0, 0.1) is 0 Å². The maximum atomic E-state index is 2.29. The number of hydrogen-bond acceptors (Lipinski definition) is 0. The predicted molar refractivity (Wildman–Crippen MR) is 42.4 cm³/mol. The lowest BCUT2D eigenvalue weighted by Gasteiger charge is -2.34. The molecule has 0 N–H and O–H groups in total. The summed E-state index contributed by atoms with van der Waals surface area (Å²) in [5.74, 6) is 0. The lowest BCUT2D eigenvalue weighted by molar-refractivity contribution is 0.954. The van der Waals surface area contributed by atoms with E-state index in [9.17, 15) is 0 Å². The zero-order chi connectivity index (χ0) is 6.29. The number of rotatable bonds is 0. The molecular formula is C10H6. The van der Waals surface area contributed by atoms with Crippen LogP contribution in [-0.4, -0.2) is 0 Å². The minimum atomic E-state index is 1.33. The molecule has 0 spiro atoms. The minimum Gasteiger partial charge on any atom is -0.0534 e. The molecule has 0 amide bonds. The van der Waals surface area contributed by atoms with Crippen molar-refractivity contribution in [3.63, 3.8) is 0 Å². The van der Waals surface area contributed by atoms with Gasteiger partial charge in [-0.15, -0.1) is 0 Å². The maximum absolute atomic E-state index is 2.29. The molecule has 10 heavy (non-hydrogen) atoms. The largest absolute Gasteiger partial charge is 0.0534 e. The van der Waals surface area contributed by atoms with Gasteiger partial charge in [-0.1, -0.05) is 12.1 Å². The third-order valence-electron chi connectivity index (χ3n) is 3.08. The van der Waals surface area contributed by atoms with Crippen LogP contribution in [0.4, 0.5) is 0 Å². The van der Waals surface area contributed by atoms with E-state index in [4.69, 9.17) is 0 Å². The van der Waals surface area contributed by atoms with Gasteiger partial charge in [-0.25, -0.2) is 0 Å². The van der Waals surface area contributed by atoms with Gasteiger partial charge >= 0.3 is 0 Å². The van der Waals surface area contributed by atoms with Crippen molar-refractivity contribution in [2.45, 2.75) is 12.8 Å².